The molecule has 0 bridgehead atoms. The van der Waals surface area contributed by atoms with Gasteiger partial charge in [0.05, 0.1) is 5.69 Å². The average molecular weight is 287 g/mol. The second kappa shape index (κ2) is 6.48. The number of para-hydroxylation sites is 1. The van der Waals surface area contributed by atoms with Crippen LogP contribution in [0.1, 0.15) is 45.4 Å². The van der Waals surface area contributed by atoms with Gasteiger partial charge in [-0.05, 0) is 25.0 Å². The van der Waals surface area contributed by atoms with Gasteiger partial charge in [-0.15, -0.1) is 0 Å². The Morgan fingerprint density at radius 2 is 1.81 bits per heavy atom. The molecule has 4 heteroatoms. The van der Waals surface area contributed by atoms with Gasteiger partial charge in [-0.2, -0.15) is 0 Å². The summed E-state index contributed by atoms with van der Waals surface area (Å²) < 4.78 is 0. The number of hydrazine groups is 1. The maximum absolute atomic E-state index is 12.1. The third-order valence-corrected chi connectivity index (χ3v) is 4.58. The summed E-state index contributed by atoms with van der Waals surface area (Å²) in [6.45, 7) is 2.56. The minimum Gasteiger partial charge on any atom is -0.293 e. The fourth-order valence-electron chi connectivity index (χ4n) is 3.58. The van der Waals surface area contributed by atoms with Crippen LogP contribution >= 0.6 is 0 Å². The number of amides is 1. The normalized spacial score (nSPS) is 23.6. The highest BCUT2D eigenvalue weighted by atomic mass is 16.2. The minimum absolute atomic E-state index is 0.115. The van der Waals surface area contributed by atoms with Gasteiger partial charge in [-0.1, -0.05) is 37.5 Å². The Morgan fingerprint density at radius 3 is 2.48 bits per heavy atom. The summed E-state index contributed by atoms with van der Waals surface area (Å²) in [5.41, 5.74) is 1.10. The summed E-state index contributed by atoms with van der Waals surface area (Å²) in [6.07, 6.45) is 7.60. The van der Waals surface area contributed by atoms with Crippen molar-refractivity contribution in [1.29, 1.82) is 0 Å². The molecule has 1 N–H and O–H groups in total. The van der Waals surface area contributed by atoms with Crippen molar-refractivity contribution in [3.63, 3.8) is 0 Å². The van der Waals surface area contributed by atoms with E-state index in [0.717, 1.165) is 18.7 Å². The number of hydrogen-bond acceptors (Lipinski definition) is 3. The third-order valence-electron chi connectivity index (χ3n) is 4.58. The van der Waals surface area contributed by atoms with Crippen molar-refractivity contribution >= 4 is 11.6 Å². The Morgan fingerprint density at radius 1 is 1.10 bits per heavy atom. The first-order valence-electron chi connectivity index (χ1n) is 8.14. The molecular weight excluding hydrogens is 262 g/mol. The molecule has 114 valence electrons. The number of carbonyl (C=O) groups is 1. The van der Waals surface area contributed by atoms with Crippen LogP contribution in [0.2, 0.25) is 0 Å². The lowest BCUT2D eigenvalue weighted by Crippen LogP contribution is -2.53. The molecule has 21 heavy (non-hydrogen) atoms. The molecule has 1 aromatic rings. The van der Waals surface area contributed by atoms with Crippen LogP contribution < -0.4 is 10.3 Å². The van der Waals surface area contributed by atoms with Crippen molar-refractivity contribution in [2.24, 2.45) is 0 Å². The van der Waals surface area contributed by atoms with Crippen molar-refractivity contribution < 1.29 is 4.79 Å². The molecule has 1 aliphatic carbocycles. The molecule has 0 radical (unpaired) electrons. The molecule has 1 saturated heterocycles. The van der Waals surface area contributed by atoms with Crippen LogP contribution in [0.5, 0.6) is 0 Å². The first-order valence-corrected chi connectivity index (χ1v) is 8.14. The van der Waals surface area contributed by atoms with Crippen LogP contribution in [-0.2, 0) is 4.79 Å². The quantitative estimate of drug-likeness (QED) is 0.928. The van der Waals surface area contributed by atoms with Gasteiger partial charge in [-0.3, -0.25) is 15.1 Å². The van der Waals surface area contributed by atoms with Crippen LogP contribution in [0.15, 0.2) is 30.3 Å². The van der Waals surface area contributed by atoms with E-state index in [1.54, 1.807) is 6.92 Å². The predicted octanol–water partition coefficient (Wildman–Crippen LogP) is 2.91. The Balaban J connectivity index is 1.71. The molecule has 0 aromatic heterocycles. The minimum atomic E-state index is 0.115. The van der Waals surface area contributed by atoms with E-state index in [0.29, 0.717) is 6.04 Å². The number of rotatable bonds is 3. The zero-order chi connectivity index (χ0) is 14.7. The topological polar surface area (TPSA) is 35.6 Å². The third kappa shape index (κ3) is 3.21. The lowest BCUT2D eigenvalue weighted by Gasteiger charge is -2.35. The fourth-order valence-corrected chi connectivity index (χ4v) is 3.58. The molecule has 1 aromatic carbocycles. The van der Waals surface area contributed by atoms with E-state index in [2.05, 4.69) is 22.5 Å². The molecule has 3 rings (SSSR count). The van der Waals surface area contributed by atoms with Gasteiger partial charge in [0.2, 0.25) is 5.91 Å². The highest BCUT2D eigenvalue weighted by Crippen LogP contribution is 2.26. The maximum Gasteiger partial charge on any atom is 0.239 e. The van der Waals surface area contributed by atoms with E-state index in [1.165, 1.54) is 32.1 Å². The summed E-state index contributed by atoms with van der Waals surface area (Å²) in [4.78, 5) is 12.1. The molecule has 4 nitrogen and oxygen atoms in total. The van der Waals surface area contributed by atoms with E-state index in [9.17, 15) is 4.79 Å². The highest BCUT2D eigenvalue weighted by Gasteiger charge is 2.35. The van der Waals surface area contributed by atoms with Crippen molar-refractivity contribution in [1.82, 2.24) is 10.3 Å². The number of nitrogens with one attached hydrogen (secondary N) is 1. The fraction of sp³-hybridized carbons (Fsp3) is 0.588. The first kappa shape index (κ1) is 14.4. The maximum atomic E-state index is 12.1. The van der Waals surface area contributed by atoms with E-state index in [-0.39, 0.29) is 12.1 Å². The molecule has 0 unspecified atom stereocenters. The van der Waals surface area contributed by atoms with Crippen molar-refractivity contribution in [2.75, 3.05) is 11.6 Å². The molecule has 1 atom stereocenters. The summed E-state index contributed by atoms with van der Waals surface area (Å²) >= 11 is 0. The van der Waals surface area contributed by atoms with Crippen molar-refractivity contribution in [3.8, 4) is 0 Å². The van der Waals surface area contributed by atoms with E-state index in [1.807, 2.05) is 23.2 Å². The smallest absolute Gasteiger partial charge is 0.239 e. The SMILES string of the molecule is CC(=O)N1[C@H](NC2CCCCC2)CCN1c1ccccc1. The van der Waals surface area contributed by atoms with Crippen LogP contribution in [0.25, 0.3) is 0 Å². The molecule has 1 saturated carbocycles. The molecule has 1 amide bonds. The summed E-state index contributed by atoms with van der Waals surface area (Å²) in [7, 11) is 0. The van der Waals surface area contributed by atoms with Crippen LogP contribution in [-0.4, -0.2) is 29.7 Å². The molecule has 1 heterocycles. The second-order valence-corrected chi connectivity index (χ2v) is 6.13. The van der Waals surface area contributed by atoms with Gasteiger partial charge in [-0.25, -0.2) is 5.01 Å². The lowest BCUT2D eigenvalue weighted by molar-refractivity contribution is -0.131. The van der Waals surface area contributed by atoms with Gasteiger partial charge in [0, 0.05) is 25.9 Å². The monoisotopic (exact) mass is 287 g/mol. The number of nitrogens with zero attached hydrogens (tertiary/aromatic N) is 2. The molecule has 2 aliphatic rings. The Labute approximate surface area is 127 Å². The van der Waals surface area contributed by atoms with Gasteiger partial charge in [0.15, 0.2) is 0 Å². The zero-order valence-corrected chi connectivity index (χ0v) is 12.8. The Hall–Kier alpha value is -1.55. The van der Waals surface area contributed by atoms with Gasteiger partial charge >= 0.3 is 0 Å². The van der Waals surface area contributed by atoms with E-state index < -0.39 is 0 Å². The first-order chi connectivity index (χ1) is 10.3. The average Bonchev–Trinajstić information content (AvgIpc) is 2.93. The number of anilines is 1. The predicted molar refractivity (Wildman–Crippen MR) is 84.7 cm³/mol. The number of hydrogen-bond donors (Lipinski definition) is 1. The Bertz CT molecular complexity index is 470. The standard InChI is InChI=1S/C17H25N3O/c1-14(21)20-17(18-15-8-4-2-5-9-15)12-13-19(20)16-10-6-3-7-11-16/h3,6-7,10-11,15,17-18H,2,4-5,8-9,12-13H2,1H3/t17-/m0/s1. The van der Waals surface area contributed by atoms with Crippen LogP contribution in [0.3, 0.4) is 0 Å². The van der Waals surface area contributed by atoms with Crippen molar-refractivity contribution in [3.05, 3.63) is 30.3 Å². The van der Waals surface area contributed by atoms with Gasteiger partial charge < -0.3 is 0 Å². The lowest BCUT2D eigenvalue weighted by atomic mass is 9.95. The molecule has 1 aliphatic heterocycles. The second-order valence-electron chi connectivity index (χ2n) is 6.13. The summed E-state index contributed by atoms with van der Waals surface area (Å²) in [5.74, 6) is 0.115. The zero-order valence-electron chi connectivity index (χ0n) is 12.8. The largest absolute Gasteiger partial charge is 0.293 e. The van der Waals surface area contributed by atoms with Crippen LogP contribution in [0.4, 0.5) is 5.69 Å². The van der Waals surface area contributed by atoms with Gasteiger partial charge in [0.25, 0.3) is 0 Å². The summed E-state index contributed by atoms with van der Waals surface area (Å²) in [6, 6.07) is 10.8. The highest BCUT2D eigenvalue weighted by molar-refractivity contribution is 5.76. The van der Waals surface area contributed by atoms with Crippen LogP contribution in [0, 0.1) is 0 Å². The van der Waals surface area contributed by atoms with Crippen molar-refractivity contribution in [2.45, 2.75) is 57.7 Å². The molecular formula is C17H25N3O. The Kier molecular flexibility index (Phi) is 4.44. The van der Waals surface area contributed by atoms with E-state index >= 15 is 0 Å². The van der Waals surface area contributed by atoms with Gasteiger partial charge in [0.1, 0.15) is 6.17 Å². The summed E-state index contributed by atoms with van der Waals surface area (Å²) in [5, 5.41) is 7.73. The molecule has 2 fully saturated rings. The number of carbonyl (C=O) groups excluding carboxylic acids is 1. The van der Waals surface area contributed by atoms with E-state index in [4.69, 9.17) is 0 Å². The number of benzene rings is 1. The molecule has 0 spiro atoms.